The molecule has 1 rings (SSSR count). The summed E-state index contributed by atoms with van der Waals surface area (Å²) in [5, 5.41) is 11.1. The van der Waals surface area contributed by atoms with Gasteiger partial charge in [-0.15, -0.1) is 0 Å². The molecule has 1 aromatic rings. The predicted molar refractivity (Wildman–Crippen MR) is 56.6 cm³/mol. The summed E-state index contributed by atoms with van der Waals surface area (Å²) >= 11 is 0. The molecule has 0 radical (unpaired) electrons. The van der Waals surface area contributed by atoms with Crippen molar-refractivity contribution in [1.29, 1.82) is 5.26 Å². The number of nitriles is 1. The van der Waals surface area contributed by atoms with Crippen LogP contribution in [0, 0.1) is 11.3 Å². The third-order valence-electron chi connectivity index (χ3n) is 1.45. The Morgan fingerprint density at radius 3 is 2.81 bits per heavy atom. The number of hydrogen-bond donors (Lipinski definition) is 1. The van der Waals surface area contributed by atoms with Crippen LogP contribution >= 0.6 is 0 Å². The Balaban J connectivity index is 2.75. The van der Waals surface area contributed by atoms with Crippen LogP contribution < -0.4 is 5.32 Å². The summed E-state index contributed by atoms with van der Waals surface area (Å²) in [6.07, 6.45) is 1.91. The number of nitrogens with zero attached hydrogens (tertiary/aromatic N) is 3. The zero-order valence-electron chi connectivity index (χ0n) is 9.31. The molecule has 0 atom stereocenters. The molecule has 84 valence electrons. The molecule has 0 unspecified atom stereocenters. The predicted octanol–water partition coefficient (Wildman–Crippen LogP) is 1.70. The molecular weight excluding hydrogens is 208 g/mol. The Morgan fingerprint density at radius 1 is 1.56 bits per heavy atom. The van der Waals surface area contributed by atoms with Crippen molar-refractivity contribution >= 4 is 11.9 Å². The molecule has 1 N–H and O–H groups in total. The number of anilines is 1. The van der Waals surface area contributed by atoms with E-state index in [1.807, 2.05) is 6.07 Å². The van der Waals surface area contributed by atoms with Crippen molar-refractivity contribution in [3.8, 4) is 6.07 Å². The van der Waals surface area contributed by atoms with Crippen molar-refractivity contribution in [2.75, 3.05) is 5.32 Å². The van der Waals surface area contributed by atoms with Gasteiger partial charge in [0.1, 0.15) is 23.6 Å². The molecule has 0 aliphatic rings. The van der Waals surface area contributed by atoms with Crippen LogP contribution in [0.1, 0.15) is 26.3 Å². The topological polar surface area (TPSA) is 87.9 Å². The average Bonchev–Trinajstić information content (AvgIpc) is 2.15. The second kappa shape index (κ2) is 4.57. The number of carbonyl (C=O) groups excluding carboxylic acids is 1. The molecule has 6 heteroatoms. The SMILES string of the molecule is CC(C)(C)OC(=O)Nc1ncncc1C#N. The van der Waals surface area contributed by atoms with Gasteiger partial charge in [-0.25, -0.2) is 14.8 Å². The van der Waals surface area contributed by atoms with Gasteiger partial charge in [-0.3, -0.25) is 5.32 Å². The maximum Gasteiger partial charge on any atom is 0.413 e. The summed E-state index contributed by atoms with van der Waals surface area (Å²) in [6, 6.07) is 1.87. The maximum absolute atomic E-state index is 11.4. The third kappa shape index (κ3) is 3.53. The number of ether oxygens (including phenoxy) is 1. The second-order valence-electron chi connectivity index (χ2n) is 4.02. The molecule has 0 aromatic carbocycles. The molecule has 1 amide bonds. The van der Waals surface area contributed by atoms with Crippen LogP contribution in [-0.2, 0) is 4.74 Å². The number of aromatic nitrogens is 2. The molecule has 0 aliphatic heterocycles. The molecule has 1 heterocycles. The highest BCUT2D eigenvalue weighted by atomic mass is 16.6. The first-order valence-electron chi connectivity index (χ1n) is 4.62. The van der Waals surface area contributed by atoms with Crippen LogP contribution in [0.3, 0.4) is 0 Å². The van der Waals surface area contributed by atoms with Gasteiger partial charge >= 0.3 is 6.09 Å². The van der Waals surface area contributed by atoms with Gasteiger partial charge in [-0.1, -0.05) is 0 Å². The molecule has 0 saturated heterocycles. The normalized spacial score (nSPS) is 10.4. The summed E-state index contributed by atoms with van der Waals surface area (Å²) < 4.78 is 5.02. The third-order valence-corrected chi connectivity index (χ3v) is 1.45. The van der Waals surface area contributed by atoms with E-state index in [0.29, 0.717) is 0 Å². The quantitative estimate of drug-likeness (QED) is 0.778. The Morgan fingerprint density at radius 2 is 2.25 bits per heavy atom. The molecule has 16 heavy (non-hydrogen) atoms. The standard InChI is InChI=1S/C10H12N4O2/c1-10(2,3)16-9(15)14-8-7(4-11)5-12-6-13-8/h5-6H,1-3H3,(H,12,13,14,15). The summed E-state index contributed by atoms with van der Waals surface area (Å²) in [5.41, 5.74) is -0.405. The van der Waals surface area contributed by atoms with Gasteiger partial charge in [0.25, 0.3) is 0 Å². The lowest BCUT2D eigenvalue weighted by molar-refractivity contribution is 0.0635. The molecule has 6 nitrogen and oxygen atoms in total. The molecule has 0 saturated carbocycles. The minimum absolute atomic E-state index is 0.145. The summed E-state index contributed by atoms with van der Waals surface area (Å²) in [5.74, 6) is 0.145. The number of amides is 1. The minimum atomic E-state index is -0.650. The molecule has 0 spiro atoms. The fourth-order valence-corrected chi connectivity index (χ4v) is 0.911. The van der Waals surface area contributed by atoms with Crippen molar-refractivity contribution in [2.24, 2.45) is 0 Å². The Kier molecular flexibility index (Phi) is 3.40. The van der Waals surface area contributed by atoms with E-state index >= 15 is 0 Å². The highest BCUT2D eigenvalue weighted by Crippen LogP contribution is 2.12. The lowest BCUT2D eigenvalue weighted by Gasteiger charge is -2.19. The number of hydrogen-bond acceptors (Lipinski definition) is 5. The average molecular weight is 220 g/mol. The van der Waals surface area contributed by atoms with Gasteiger partial charge in [0.2, 0.25) is 0 Å². The largest absolute Gasteiger partial charge is 0.444 e. The van der Waals surface area contributed by atoms with Gasteiger partial charge in [-0.05, 0) is 20.8 Å². The Bertz CT molecular complexity index is 431. The molecule has 0 bridgehead atoms. The minimum Gasteiger partial charge on any atom is -0.444 e. The van der Waals surface area contributed by atoms with E-state index in [1.165, 1.54) is 12.5 Å². The highest BCUT2D eigenvalue weighted by molar-refractivity contribution is 5.85. The molecule has 1 aromatic heterocycles. The first-order valence-corrected chi connectivity index (χ1v) is 4.62. The van der Waals surface area contributed by atoms with Gasteiger partial charge in [0.15, 0.2) is 5.82 Å². The Hall–Kier alpha value is -2.16. The summed E-state index contributed by atoms with van der Waals surface area (Å²) in [4.78, 5) is 18.8. The number of nitrogens with one attached hydrogen (secondary N) is 1. The van der Waals surface area contributed by atoms with Crippen LogP contribution in [0.4, 0.5) is 10.6 Å². The van der Waals surface area contributed by atoms with Crippen molar-refractivity contribution in [3.63, 3.8) is 0 Å². The fraction of sp³-hybridized carbons (Fsp3) is 0.400. The molecule has 0 aliphatic carbocycles. The lowest BCUT2D eigenvalue weighted by Crippen LogP contribution is -2.27. The first kappa shape index (κ1) is 11.9. The van der Waals surface area contributed by atoms with Crippen LogP contribution in [0.2, 0.25) is 0 Å². The van der Waals surface area contributed by atoms with Crippen molar-refractivity contribution < 1.29 is 9.53 Å². The Labute approximate surface area is 93.3 Å². The number of rotatable bonds is 1. The van der Waals surface area contributed by atoms with Crippen molar-refractivity contribution in [2.45, 2.75) is 26.4 Å². The van der Waals surface area contributed by atoms with Crippen LogP contribution in [0.25, 0.3) is 0 Å². The van der Waals surface area contributed by atoms with Gasteiger partial charge < -0.3 is 4.74 Å². The molecular formula is C10H12N4O2. The second-order valence-corrected chi connectivity index (χ2v) is 4.02. The summed E-state index contributed by atoms with van der Waals surface area (Å²) in [6.45, 7) is 5.24. The van der Waals surface area contributed by atoms with E-state index in [4.69, 9.17) is 10.00 Å². The van der Waals surface area contributed by atoms with Crippen LogP contribution in [0.15, 0.2) is 12.5 Å². The van der Waals surface area contributed by atoms with E-state index in [9.17, 15) is 4.79 Å². The van der Waals surface area contributed by atoms with E-state index in [-0.39, 0.29) is 11.4 Å². The molecule has 0 fully saturated rings. The maximum atomic E-state index is 11.4. The monoisotopic (exact) mass is 220 g/mol. The van der Waals surface area contributed by atoms with Crippen LogP contribution in [0.5, 0.6) is 0 Å². The zero-order valence-corrected chi connectivity index (χ0v) is 9.31. The van der Waals surface area contributed by atoms with E-state index in [2.05, 4.69) is 15.3 Å². The highest BCUT2D eigenvalue weighted by Gasteiger charge is 2.17. The van der Waals surface area contributed by atoms with E-state index in [1.54, 1.807) is 20.8 Å². The first-order chi connectivity index (χ1) is 7.42. The van der Waals surface area contributed by atoms with E-state index < -0.39 is 11.7 Å². The number of carbonyl (C=O) groups is 1. The van der Waals surface area contributed by atoms with Gasteiger partial charge in [0, 0.05) is 0 Å². The van der Waals surface area contributed by atoms with Crippen molar-refractivity contribution in [1.82, 2.24) is 9.97 Å². The van der Waals surface area contributed by atoms with Gasteiger partial charge in [0.05, 0.1) is 6.20 Å². The van der Waals surface area contributed by atoms with Gasteiger partial charge in [-0.2, -0.15) is 5.26 Å². The van der Waals surface area contributed by atoms with Crippen molar-refractivity contribution in [3.05, 3.63) is 18.1 Å². The van der Waals surface area contributed by atoms with E-state index in [0.717, 1.165) is 0 Å². The summed E-state index contributed by atoms with van der Waals surface area (Å²) in [7, 11) is 0. The fourth-order valence-electron chi connectivity index (χ4n) is 0.911. The van der Waals surface area contributed by atoms with Crippen LogP contribution in [-0.4, -0.2) is 21.7 Å². The lowest BCUT2D eigenvalue weighted by atomic mass is 10.2. The smallest absolute Gasteiger partial charge is 0.413 e. The zero-order chi connectivity index (χ0) is 12.2.